The van der Waals surface area contributed by atoms with Crippen LogP contribution in [0.15, 0.2) is 30.3 Å². The maximum Gasteiger partial charge on any atom is 0.224 e. The summed E-state index contributed by atoms with van der Waals surface area (Å²) in [5, 5.41) is 3.20. The van der Waals surface area contributed by atoms with Crippen molar-refractivity contribution in [3.05, 3.63) is 35.9 Å². The fourth-order valence-electron chi connectivity index (χ4n) is 4.38. The number of carbonyl (C=O) groups excluding carboxylic acids is 1. The second-order valence-electron chi connectivity index (χ2n) is 8.30. The molecule has 0 spiro atoms. The zero-order valence-electron chi connectivity index (χ0n) is 16.8. The largest absolute Gasteiger partial charge is 0.353 e. The SMILES string of the molecule is O=C(NC1CCCCCC1)[C@@H]1CCCN(S(=O)(=O)CCCc2ccccc2)C1. The molecule has 5 nitrogen and oxygen atoms in total. The van der Waals surface area contributed by atoms with Gasteiger partial charge in [-0.15, -0.1) is 0 Å². The lowest BCUT2D eigenvalue weighted by atomic mass is 9.97. The van der Waals surface area contributed by atoms with Gasteiger partial charge < -0.3 is 5.32 Å². The fourth-order valence-corrected chi connectivity index (χ4v) is 5.97. The number of amides is 1. The highest BCUT2D eigenvalue weighted by molar-refractivity contribution is 7.89. The third kappa shape index (κ3) is 6.31. The van der Waals surface area contributed by atoms with Crippen molar-refractivity contribution < 1.29 is 13.2 Å². The predicted octanol–water partition coefficient (Wildman–Crippen LogP) is 3.50. The van der Waals surface area contributed by atoms with Crippen LogP contribution in [0.2, 0.25) is 0 Å². The van der Waals surface area contributed by atoms with E-state index in [1.165, 1.54) is 25.7 Å². The Morgan fingerprint density at radius 3 is 2.43 bits per heavy atom. The zero-order valence-corrected chi connectivity index (χ0v) is 17.6. The lowest BCUT2D eigenvalue weighted by Crippen LogP contribution is -2.48. The van der Waals surface area contributed by atoms with Crippen LogP contribution in [0.25, 0.3) is 0 Å². The van der Waals surface area contributed by atoms with E-state index in [4.69, 9.17) is 0 Å². The molecule has 1 aromatic carbocycles. The summed E-state index contributed by atoms with van der Waals surface area (Å²) in [5.41, 5.74) is 1.16. The van der Waals surface area contributed by atoms with Crippen molar-refractivity contribution in [3.8, 4) is 0 Å². The van der Waals surface area contributed by atoms with Gasteiger partial charge >= 0.3 is 0 Å². The van der Waals surface area contributed by atoms with Gasteiger partial charge in [0, 0.05) is 19.1 Å². The highest BCUT2D eigenvalue weighted by Crippen LogP contribution is 2.22. The number of piperidine rings is 1. The molecule has 1 saturated carbocycles. The van der Waals surface area contributed by atoms with Gasteiger partial charge in [-0.25, -0.2) is 12.7 Å². The quantitative estimate of drug-likeness (QED) is 0.705. The summed E-state index contributed by atoms with van der Waals surface area (Å²) in [7, 11) is -3.31. The molecule has 2 aliphatic rings. The Morgan fingerprint density at radius 2 is 1.71 bits per heavy atom. The average Bonchev–Trinajstić information content (AvgIpc) is 2.97. The highest BCUT2D eigenvalue weighted by Gasteiger charge is 2.32. The molecule has 1 amide bonds. The van der Waals surface area contributed by atoms with Gasteiger partial charge in [0.15, 0.2) is 0 Å². The molecule has 28 heavy (non-hydrogen) atoms. The number of benzene rings is 1. The average molecular weight is 407 g/mol. The summed E-state index contributed by atoms with van der Waals surface area (Å²) in [4.78, 5) is 12.7. The number of hydrogen-bond donors (Lipinski definition) is 1. The second-order valence-corrected chi connectivity index (χ2v) is 10.4. The molecule has 2 fully saturated rings. The summed E-state index contributed by atoms with van der Waals surface area (Å²) in [5.74, 6) is -0.00392. The van der Waals surface area contributed by atoms with Crippen LogP contribution in [-0.4, -0.2) is 43.5 Å². The van der Waals surface area contributed by atoms with Crippen molar-refractivity contribution in [2.45, 2.75) is 70.3 Å². The van der Waals surface area contributed by atoms with Crippen LogP contribution in [0.5, 0.6) is 0 Å². The van der Waals surface area contributed by atoms with E-state index in [1.54, 1.807) is 4.31 Å². The Balaban J connectivity index is 1.49. The van der Waals surface area contributed by atoms with Gasteiger partial charge in [0.05, 0.1) is 11.7 Å². The molecule has 0 unspecified atom stereocenters. The van der Waals surface area contributed by atoms with Crippen molar-refractivity contribution in [1.82, 2.24) is 9.62 Å². The Kier molecular flexibility index (Phi) is 7.91. The van der Waals surface area contributed by atoms with Crippen LogP contribution in [0, 0.1) is 5.92 Å². The highest BCUT2D eigenvalue weighted by atomic mass is 32.2. The van der Waals surface area contributed by atoms with Crippen LogP contribution < -0.4 is 5.32 Å². The molecule has 3 rings (SSSR count). The van der Waals surface area contributed by atoms with Gasteiger partial charge in [0.1, 0.15) is 0 Å². The maximum absolute atomic E-state index is 12.8. The number of sulfonamides is 1. The first-order chi connectivity index (χ1) is 13.5. The summed E-state index contributed by atoms with van der Waals surface area (Å²) >= 11 is 0. The van der Waals surface area contributed by atoms with E-state index in [0.29, 0.717) is 19.5 Å². The van der Waals surface area contributed by atoms with E-state index in [1.807, 2.05) is 30.3 Å². The predicted molar refractivity (Wildman–Crippen MR) is 112 cm³/mol. The topological polar surface area (TPSA) is 66.5 Å². The van der Waals surface area contributed by atoms with Gasteiger partial charge in [0.25, 0.3) is 0 Å². The molecule has 6 heteroatoms. The molecule has 1 aliphatic heterocycles. The van der Waals surface area contributed by atoms with E-state index in [0.717, 1.165) is 37.7 Å². The van der Waals surface area contributed by atoms with Crippen LogP contribution in [0.4, 0.5) is 0 Å². The Labute approximate surface area is 169 Å². The first-order valence-electron chi connectivity index (χ1n) is 10.9. The number of carbonyl (C=O) groups is 1. The smallest absolute Gasteiger partial charge is 0.224 e. The van der Waals surface area contributed by atoms with Gasteiger partial charge in [-0.2, -0.15) is 0 Å². The van der Waals surface area contributed by atoms with Gasteiger partial charge in [-0.3, -0.25) is 4.79 Å². The third-order valence-electron chi connectivity index (χ3n) is 6.06. The van der Waals surface area contributed by atoms with E-state index < -0.39 is 10.0 Å². The summed E-state index contributed by atoms with van der Waals surface area (Å²) in [6.07, 6.45) is 9.90. The van der Waals surface area contributed by atoms with E-state index in [9.17, 15) is 13.2 Å². The molecular formula is C22H34N2O3S. The van der Waals surface area contributed by atoms with E-state index in [2.05, 4.69) is 5.32 Å². The summed E-state index contributed by atoms with van der Waals surface area (Å²) < 4.78 is 27.1. The normalized spacial score (nSPS) is 22.5. The maximum atomic E-state index is 12.8. The molecular weight excluding hydrogens is 372 g/mol. The van der Waals surface area contributed by atoms with E-state index in [-0.39, 0.29) is 23.6 Å². The monoisotopic (exact) mass is 406 g/mol. The van der Waals surface area contributed by atoms with Crippen LogP contribution in [-0.2, 0) is 21.2 Å². The fraction of sp³-hybridized carbons (Fsp3) is 0.682. The first-order valence-corrected chi connectivity index (χ1v) is 12.5. The van der Waals surface area contributed by atoms with Crippen molar-refractivity contribution in [2.75, 3.05) is 18.8 Å². The van der Waals surface area contributed by atoms with Gasteiger partial charge in [-0.1, -0.05) is 56.0 Å². The Bertz CT molecular complexity index is 713. The Hall–Kier alpha value is -1.40. The number of hydrogen-bond acceptors (Lipinski definition) is 3. The molecule has 156 valence electrons. The van der Waals surface area contributed by atoms with Crippen LogP contribution in [0.3, 0.4) is 0 Å². The lowest BCUT2D eigenvalue weighted by molar-refractivity contribution is -0.126. The van der Waals surface area contributed by atoms with Crippen molar-refractivity contribution >= 4 is 15.9 Å². The molecule has 0 radical (unpaired) electrons. The standard InChI is InChI=1S/C22H34N2O3S/c25-22(23-21-14-6-1-2-7-15-21)20-13-8-16-24(18-20)28(26,27)17-9-12-19-10-4-3-5-11-19/h3-5,10-11,20-21H,1-2,6-9,12-18H2,(H,23,25)/t20-/m1/s1. The van der Waals surface area contributed by atoms with Crippen LogP contribution >= 0.6 is 0 Å². The molecule has 0 aromatic heterocycles. The van der Waals surface area contributed by atoms with Gasteiger partial charge in [-0.05, 0) is 44.1 Å². The van der Waals surface area contributed by atoms with Gasteiger partial charge in [0.2, 0.25) is 15.9 Å². The lowest BCUT2D eigenvalue weighted by Gasteiger charge is -2.32. The number of rotatable bonds is 7. The molecule has 1 aromatic rings. The Morgan fingerprint density at radius 1 is 1.00 bits per heavy atom. The van der Waals surface area contributed by atoms with Crippen molar-refractivity contribution in [1.29, 1.82) is 0 Å². The minimum atomic E-state index is -3.31. The molecule has 1 saturated heterocycles. The molecule has 1 aliphatic carbocycles. The van der Waals surface area contributed by atoms with Crippen molar-refractivity contribution in [3.63, 3.8) is 0 Å². The number of aryl methyl sites for hydroxylation is 1. The summed E-state index contributed by atoms with van der Waals surface area (Å²) in [6, 6.07) is 10.3. The van der Waals surface area contributed by atoms with E-state index >= 15 is 0 Å². The first kappa shape index (κ1) is 21.3. The summed E-state index contributed by atoms with van der Waals surface area (Å²) in [6.45, 7) is 0.882. The molecule has 1 N–H and O–H groups in total. The second kappa shape index (κ2) is 10.4. The van der Waals surface area contributed by atoms with Crippen LogP contribution in [0.1, 0.15) is 63.4 Å². The zero-order chi connectivity index (χ0) is 19.8. The number of nitrogens with zero attached hydrogens (tertiary/aromatic N) is 1. The molecule has 0 bridgehead atoms. The third-order valence-corrected chi connectivity index (χ3v) is 7.98. The molecule has 1 heterocycles. The minimum absolute atomic E-state index is 0.0519. The molecule has 1 atom stereocenters. The number of nitrogens with one attached hydrogen (secondary N) is 1. The minimum Gasteiger partial charge on any atom is -0.353 e. The van der Waals surface area contributed by atoms with Crippen molar-refractivity contribution in [2.24, 2.45) is 5.92 Å².